The number of guanidine groups is 1. The Labute approximate surface area is 75.3 Å². The van der Waals surface area contributed by atoms with Crippen molar-refractivity contribution in [1.29, 1.82) is 0 Å². The van der Waals surface area contributed by atoms with Crippen LogP contribution >= 0.6 is 0 Å². The first-order valence-corrected chi connectivity index (χ1v) is 4.08. The van der Waals surface area contributed by atoms with Crippen LogP contribution in [0.15, 0.2) is 4.99 Å². The molecule has 0 saturated heterocycles. The fourth-order valence-corrected chi connectivity index (χ4v) is 1.04. The average Bonchev–Trinajstić information content (AvgIpc) is 2.03. The number of hydrogen-bond donors (Lipinski definition) is 1. The van der Waals surface area contributed by atoms with Crippen LogP contribution in [-0.4, -0.2) is 57.2 Å². The Morgan fingerprint density at radius 2 is 1.83 bits per heavy atom. The van der Waals surface area contributed by atoms with Crippen molar-refractivity contribution in [1.82, 2.24) is 15.1 Å². The second-order valence-corrected chi connectivity index (χ2v) is 2.99. The number of rotatable bonds is 2. The van der Waals surface area contributed by atoms with Gasteiger partial charge >= 0.3 is 0 Å². The Morgan fingerprint density at radius 1 is 1.33 bits per heavy atom. The predicted octanol–water partition coefficient (Wildman–Crippen LogP) is 0.0310. The molecule has 12 heavy (non-hydrogen) atoms. The topological polar surface area (TPSA) is 30.9 Å². The SMILES string of the molecule is C/N=C(/N(C)C)N(C)C(C)NC. The lowest BCUT2D eigenvalue weighted by molar-refractivity contribution is 0.312. The van der Waals surface area contributed by atoms with Gasteiger partial charge in [-0.3, -0.25) is 4.99 Å². The molecule has 0 fully saturated rings. The Kier molecular flexibility index (Phi) is 4.66. The first-order valence-electron chi connectivity index (χ1n) is 4.08. The summed E-state index contributed by atoms with van der Waals surface area (Å²) in [5.74, 6) is 0.969. The number of nitrogens with zero attached hydrogens (tertiary/aromatic N) is 3. The van der Waals surface area contributed by atoms with Crippen LogP contribution in [0.3, 0.4) is 0 Å². The summed E-state index contributed by atoms with van der Waals surface area (Å²) >= 11 is 0. The lowest BCUT2D eigenvalue weighted by atomic mass is 10.5. The molecule has 1 unspecified atom stereocenters. The average molecular weight is 172 g/mol. The second kappa shape index (κ2) is 4.98. The molecular formula is C8H20N4. The minimum Gasteiger partial charge on any atom is -0.349 e. The largest absolute Gasteiger partial charge is 0.349 e. The first kappa shape index (κ1) is 11.2. The molecule has 0 bridgehead atoms. The van der Waals surface area contributed by atoms with Crippen molar-refractivity contribution in [2.45, 2.75) is 13.1 Å². The highest BCUT2D eigenvalue weighted by Crippen LogP contribution is 1.95. The third-order valence-electron chi connectivity index (χ3n) is 1.91. The molecule has 72 valence electrons. The smallest absolute Gasteiger partial charge is 0.196 e. The number of aliphatic imine (C=N–C) groups is 1. The molecule has 0 rings (SSSR count). The lowest BCUT2D eigenvalue weighted by Gasteiger charge is -2.31. The molecule has 0 aliphatic heterocycles. The highest BCUT2D eigenvalue weighted by Gasteiger charge is 2.12. The molecule has 0 radical (unpaired) electrons. The second-order valence-electron chi connectivity index (χ2n) is 2.99. The lowest BCUT2D eigenvalue weighted by Crippen LogP contribution is -2.48. The maximum absolute atomic E-state index is 4.19. The van der Waals surface area contributed by atoms with Crippen molar-refractivity contribution in [3.8, 4) is 0 Å². The van der Waals surface area contributed by atoms with Crippen LogP contribution in [0.5, 0.6) is 0 Å². The van der Waals surface area contributed by atoms with Crippen LogP contribution in [0.2, 0.25) is 0 Å². The van der Waals surface area contributed by atoms with Crippen LogP contribution < -0.4 is 5.32 Å². The molecule has 4 heteroatoms. The minimum absolute atomic E-state index is 0.297. The van der Waals surface area contributed by atoms with E-state index < -0.39 is 0 Å². The van der Waals surface area contributed by atoms with Crippen LogP contribution in [0.1, 0.15) is 6.92 Å². The van der Waals surface area contributed by atoms with E-state index in [-0.39, 0.29) is 0 Å². The van der Waals surface area contributed by atoms with Crippen molar-refractivity contribution in [2.75, 3.05) is 35.2 Å². The summed E-state index contributed by atoms with van der Waals surface area (Å²) in [6.07, 6.45) is 0.297. The molecule has 1 atom stereocenters. The van der Waals surface area contributed by atoms with Gasteiger partial charge in [0, 0.05) is 28.2 Å². The predicted molar refractivity (Wildman–Crippen MR) is 53.3 cm³/mol. The van der Waals surface area contributed by atoms with Crippen LogP contribution in [0.4, 0.5) is 0 Å². The molecule has 0 amide bonds. The van der Waals surface area contributed by atoms with Gasteiger partial charge in [0.25, 0.3) is 0 Å². The third-order valence-corrected chi connectivity index (χ3v) is 1.91. The molecule has 0 aliphatic rings. The van der Waals surface area contributed by atoms with Gasteiger partial charge in [-0.2, -0.15) is 0 Å². The highest BCUT2D eigenvalue weighted by atomic mass is 15.4. The summed E-state index contributed by atoms with van der Waals surface area (Å²) in [6, 6.07) is 0. The summed E-state index contributed by atoms with van der Waals surface area (Å²) < 4.78 is 0. The summed E-state index contributed by atoms with van der Waals surface area (Å²) in [5, 5.41) is 3.15. The Balaban J connectivity index is 4.33. The fraction of sp³-hybridized carbons (Fsp3) is 0.875. The van der Waals surface area contributed by atoms with Gasteiger partial charge in [-0.15, -0.1) is 0 Å². The Hall–Kier alpha value is -0.770. The molecule has 0 saturated carbocycles. The standard InChI is InChI=1S/C8H20N4/c1-7(9-2)12(6)8(10-3)11(4)5/h7,9H,1-6H3/b10-8-. The van der Waals surface area contributed by atoms with Crippen LogP contribution in [0, 0.1) is 0 Å². The van der Waals surface area contributed by atoms with Gasteiger partial charge in [-0.1, -0.05) is 0 Å². The molecule has 0 aliphatic carbocycles. The third kappa shape index (κ3) is 2.70. The monoisotopic (exact) mass is 172 g/mol. The van der Waals surface area contributed by atoms with Crippen LogP contribution in [0.25, 0.3) is 0 Å². The molecule has 0 aromatic rings. The summed E-state index contributed by atoms with van der Waals surface area (Å²) in [6.45, 7) is 2.09. The molecule has 1 N–H and O–H groups in total. The van der Waals surface area contributed by atoms with Crippen molar-refractivity contribution < 1.29 is 0 Å². The van der Waals surface area contributed by atoms with Gasteiger partial charge in [0.2, 0.25) is 0 Å². The van der Waals surface area contributed by atoms with Crippen molar-refractivity contribution >= 4 is 5.96 Å². The molecule has 0 aromatic heterocycles. The summed E-state index contributed by atoms with van der Waals surface area (Å²) in [4.78, 5) is 8.26. The van der Waals surface area contributed by atoms with E-state index in [4.69, 9.17) is 0 Å². The maximum Gasteiger partial charge on any atom is 0.196 e. The van der Waals surface area contributed by atoms with Crippen molar-refractivity contribution in [3.63, 3.8) is 0 Å². The van der Waals surface area contributed by atoms with Crippen molar-refractivity contribution in [3.05, 3.63) is 0 Å². The first-order chi connectivity index (χ1) is 5.54. The van der Waals surface area contributed by atoms with E-state index in [0.29, 0.717) is 6.17 Å². The number of hydrogen-bond acceptors (Lipinski definition) is 2. The molecule has 0 aromatic carbocycles. The molecular weight excluding hydrogens is 152 g/mol. The Morgan fingerprint density at radius 3 is 2.08 bits per heavy atom. The highest BCUT2D eigenvalue weighted by molar-refractivity contribution is 5.79. The maximum atomic E-state index is 4.19. The quantitative estimate of drug-likeness (QED) is 0.362. The van der Waals surface area contributed by atoms with E-state index in [1.165, 1.54) is 0 Å². The van der Waals surface area contributed by atoms with Crippen molar-refractivity contribution in [2.24, 2.45) is 4.99 Å². The van der Waals surface area contributed by atoms with Gasteiger partial charge in [0.05, 0.1) is 6.17 Å². The normalized spacial score (nSPS) is 14.3. The van der Waals surface area contributed by atoms with Crippen LogP contribution in [-0.2, 0) is 0 Å². The van der Waals surface area contributed by atoms with Gasteiger partial charge < -0.3 is 15.1 Å². The van der Waals surface area contributed by atoms with Gasteiger partial charge in [-0.25, -0.2) is 0 Å². The molecule has 0 spiro atoms. The molecule has 0 heterocycles. The zero-order chi connectivity index (χ0) is 9.72. The van der Waals surface area contributed by atoms with Gasteiger partial charge in [0.15, 0.2) is 5.96 Å². The zero-order valence-electron chi connectivity index (χ0n) is 8.92. The van der Waals surface area contributed by atoms with E-state index >= 15 is 0 Å². The van der Waals surface area contributed by atoms with E-state index in [9.17, 15) is 0 Å². The minimum atomic E-state index is 0.297. The summed E-state index contributed by atoms with van der Waals surface area (Å²) in [7, 11) is 9.73. The van der Waals surface area contributed by atoms with E-state index in [1.807, 2.05) is 33.1 Å². The van der Waals surface area contributed by atoms with Gasteiger partial charge in [0.1, 0.15) is 0 Å². The zero-order valence-corrected chi connectivity index (χ0v) is 8.92. The Bertz CT molecular complexity index is 153. The van der Waals surface area contributed by atoms with E-state index in [2.05, 4.69) is 22.1 Å². The number of nitrogens with one attached hydrogen (secondary N) is 1. The fourth-order valence-electron chi connectivity index (χ4n) is 1.04. The molecule has 4 nitrogen and oxygen atoms in total. The van der Waals surface area contributed by atoms with E-state index in [0.717, 1.165) is 5.96 Å². The summed E-state index contributed by atoms with van der Waals surface area (Å²) in [5.41, 5.74) is 0. The van der Waals surface area contributed by atoms with Gasteiger partial charge in [-0.05, 0) is 14.0 Å². The van der Waals surface area contributed by atoms with E-state index in [1.54, 1.807) is 7.05 Å².